The number of aliphatic hydroxyl groups is 8. The summed E-state index contributed by atoms with van der Waals surface area (Å²) in [6, 6.07) is 0. The summed E-state index contributed by atoms with van der Waals surface area (Å²) in [5.41, 5.74) is 0. The van der Waals surface area contributed by atoms with Crippen LogP contribution in [0.1, 0.15) is 0 Å². The van der Waals surface area contributed by atoms with Gasteiger partial charge in [0.05, 0.1) is 13.2 Å². The second kappa shape index (κ2) is 11.9. The molecule has 0 aromatic rings. The van der Waals surface area contributed by atoms with Gasteiger partial charge in [0.2, 0.25) is 0 Å². The van der Waals surface area contributed by atoms with E-state index in [9.17, 15) is 35.7 Å². The Bertz CT molecular complexity index is 388. The third-order valence-corrected chi connectivity index (χ3v) is 3.98. The van der Waals surface area contributed by atoms with Crippen LogP contribution in [0.4, 0.5) is 0 Å². The first-order valence-corrected chi connectivity index (χ1v) is 7.08. The number of rotatable bonds is 4. The van der Waals surface area contributed by atoms with E-state index in [4.69, 9.17) is 19.3 Å². The van der Waals surface area contributed by atoms with Crippen molar-refractivity contribution in [1.29, 1.82) is 0 Å². The van der Waals surface area contributed by atoms with Crippen LogP contribution in [0.3, 0.4) is 0 Å². The number of aliphatic hydroxyl groups excluding tert-OH is 8. The maximum Gasteiger partial charge on any atom is 0.187 e. The third kappa shape index (κ3) is 6.03. The number of ether oxygens (including phenoxy) is 3. The zero-order valence-electron chi connectivity index (χ0n) is 13.4. The van der Waals surface area contributed by atoms with Crippen molar-refractivity contribution in [2.24, 2.45) is 0 Å². The molecule has 2 rings (SSSR count). The summed E-state index contributed by atoms with van der Waals surface area (Å²) in [4.78, 5) is 0. The van der Waals surface area contributed by atoms with Crippen LogP contribution < -0.4 is 0 Å². The van der Waals surface area contributed by atoms with Gasteiger partial charge in [-0.3, -0.25) is 0 Å². The van der Waals surface area contributed by atoms with Gasteiger partial charge in [0.15, 0.2) is 12.6 Å². The molecule has 0 aliphatic carbocycles. The zero-order chi connectivity index (χ0) is 17.3. The van der Waals surface area contributed by atoms with Gasteiger partial charge in [-0.15, -0.1) is 0 Å². The first kappa shape index (κ1) is 27.1. The molecule has 140 valence electrons. The molecule has 11 nitrogen and oxygen atoms in total. The molecule has 25 heavy (non-hydrogen) atoms. The summed E-state index contributed by atoms with van der Waals surface area (Å²) in [5, 5.41) is 76.5. The van der Waals surface area contributed by atoms with E-state index in [1.165, 1.54) is 0 Å². The van der Waals surface area contributed by atoms with E-state index in [2.05, 4.69) is 0 Å². The van der Waals surface area contributed by atoms with E-state index in [-0.39, 0.29) is 75.5 Å². The van der Waals surface area contributed by atoms with Crippen LogP contribution in [0.5, 0.6) is 0 Å². The van der Waals surface area contributed by atoms with Crippen LogP contribution in [-0.2, 0) is 14.2 Å². The van der Waals surface area contributed by atoms with Crippen LogP contribution in [0.25, 0.3) is 0 Å². The summed E-state index contributed by atoms with van der Waals surface area (Å²) in [5.74, 6) is 0. The second-order valence-electron chi connectivity index (χ2n) is 5.53. The predicted molar refractivity (Wildman–Crippen MR) is 80.1 cm³/mol. The molecule has 2 fully saturated rings. The van der Waals surface area contributed by atoms with Crippen molar-refractivity contribution in [2.75, 3.05) is 13.2 Å². The standard InChI is InChI=1S/C12H22O11.2Ca/c13-1-3-5(15)6(16)9(19)12(22-3)23-10-4(2-14)21-11(20)8(18)7(10)17;;/h3-20H,1-2H2;;/t3-,4-,5+,6+,7-,8-,9-,10-,11?,12+;;/m1../s1. The van der Waals surface area contributed by atoms with E-state index < -0.39 is 74.6 Å². The molecular formula is C12H22Ca2O11. The summed E-state index contributed by atoms with van der Waals surface area (Å²) >= 11 is 0. The smallest absolute Gasteiger partial charge is 0.187 e. The molecule has 2 aliphatic heterocycles. The largest absolute Gasteiger partial charge is 0.394 e. The van der Waals surface area contributed by atoms with Gasteiger partial charge in [-0.25, -0.2) is 0 Å². The van der Waals surface area contributed by atoms with E-state index >= 15 is 0 Å². The maximum absolute atomic E-state index is 9.94. The Morgan fingerprint density at radius 1 is 0.640 bits per heavy atom. The molecule has 2 saturated heterocycles. The van der Waals surface area contributed by atoms with E-state index in [0.29, 0.717) is 0 Å². The molecule has 0 aromatic carbocycles. The minimum Gasteiger partial charge on any atom is -0.394 e. The average molecular weight is 422 g/mol. The third-order valence-electron chi connectivity index (χ3n) is 3.98. The Balaban J connectivity index is 0.00000288. The molecule has 0 aromatic heterocycles. The fourth-order valence-electron chi connectivity index (χ4n) is 2.57. The van der Waals surface area contributed by atoms with Gasteiger partial charge in [0.25, 0.3) is 0 Å². The molecule has 1 unspecified atom stereocenters. The molecule has 2 heterocycles. The molecule has 2 aliphatic rings. The molecule has 0 amide bonds. The van der Waals surface area contributed by atoms with Crippen molar-refractivity contribution in [3.8, 4) is 0 Å². The Kier molecular flexibility index (Phi) is 12.9. The van der Waals surface area contributed by atoms with Crippen molar-refractivity contribution in [2.45, 2.75) is 61.4 Å². The molecule has 4 radical (unpaired) electrons. The van der Waals surface area contributed by atoms with Crippen LogP contribution in [0.2, 0.25) is 0 Å². The van der Waals surface area contributed by atoms with Gasteiger partial charge in [-0.2, -0.15) is 0 Å². The fraction of sp³-hybridized carbons (Fsp3) is 1.00. The van der Waals surface area contributed by atoms with Gasteiger partial charge < -0.3 is 55.1 Å². The van der Waals surface area contributed by atoms with Crippen LogP contribution in [0.15, 0.2) is 0 Å². The normalized spacial score (nSPS) is 47.5. The first-order chi connectivity index (χ1) is 10.8. The predicted octanol–water partition coefficient (Wildman–Crippen LogP) is -6.16. The Morgan fingerprint density at radius 3 is 1.72 bits per heavy atom. The van der Waals surface area contributed by atoms with E-state index in [1.807, 2.05) is 0 Å². The molecule has 0 saturated carbocycles. The zero-order valence-corrected chi connectivity index (χ0v) is 17.8. The van der Waals surface area contributed by atoms with Crippen molar-refractivity contribution < 1.29 is 55.1 Å². The summed E-state index contributed by atoms with van der Waals surface area (Å²) < 4.78 is 15.3. The molecule has 10 atom stereocenters. The molecule has 13 heteroatoms. The average Bonchev–Trinajstić information content (AvgIpc) is 2.55. The quantitative estimate of drug-likeness (QED) is 0.201. The minimum atomic E-state index is -1.74. The van der Waals surface area contributed by atoms with Crippen molar-refractivity contribution in [1.82, 2.24) is 0 Å². The summed E-state index contributed by atoms with van der Waals surface area (Å²) in [7, 11) is 0. The number of hydrogen-bond donors (Lipinski definition) is 8. The van der Waals surface area contributed by atoms with Gasteiger partial charge in [0, 0.05) is 75.5 Å². The van der Waals surface area contributed by atoms with Crippen LogP contribution in [0, 0.1) is 0 Å². The number of hydrogen-bond acceptors (Lipinski definition) is 11. The SMILES string of the molecule is OC[C@H]1O[C@@H](O[C@H]2[C@H](O)[C@@H](O)C(O)O[C@@H]2CO)[C@H](O)[C@@H](O)[C@H]1O.[Ca].[Ca]. The maximum atomic E-state index is 9.94. The van der Waals surface area contributed by atoms with Crippen LogP contribution >= 0.6 is 0 Å². The fourth-order valence-corrected chi connectivity index (χ4v) is 2.57. The first-order valence-electron chi connectivity index (χ1n) is 7.08. The van der Waals surface area contributed by atoms with Crippen LogP contribution in [-0.4, -0.2) is 191 Å². The topological polar surface area (TPSA) is 190 Å². The summed E-state index contributed by atoms with van der Waals surface area (Å²) in [6.07, 6.45) is -15.6. The van der Waals surface area contributed by atoms with Gasteiger partial charge in [-0.05, 0) is 0 Å². The molecule has 8 N–H and O–H groups in total. The van der Waals surface area contributed by atoms with Gasteiger partial charge >= 0.3 is 0 Å². The van der Waals surface area contributed by atoms with Crippen molar-refractivity contribution in [3.63, 3.8) is 0 Å². The monoisotopic (exact) mass is 422 g/mol. The molecular weight excluding hydrogens is 400 g/mol. The Hall–Kier alpha value is 2.08. The van der Waals surface area contributed by atoms with Crippen molar-refractivity contribution in [3.05, 3.63) is 0 Å². The Morgan fingerprint density at radius 2 is 1.20 bits per heavy atom. The van der Waals surface area contributed by atoms with E-state index in [1.54, 1.807) is 0 Å². The minimum absolute atomic E-state index is 0. The van der Waals surface area contributed by atoms with Crippen molar-refractivity contribution >= 4 is 75.5 Å². The van der Waals surface area contributed by atoms with E-state index in [0.717, 1.165) is 0 Å². The Labute approximate surface area is 203 Å². The second-order valence-corrected chi connectivity index (χ2v) is 5.53. The summed E-state index contributed by atoms with van der Waals surface area (Å²) in [6.45, 7) is -1.35. The molecule has 0 spiro atoms. The van der Waals surface area contributed by atoms with Gasteiger partial charge in [0.1, 0.15) is 48.8 Å². The molecule has 0 bridgehead atoms. The van der Waals surface area contributed by atoms with Gasteiger partial charge in [-0.1, -0.05) is 0 Å².